The van der Waals surface area contributed by atoms with E-state index in [-0.39, 0.29) is 34.9 Å². The zero-order valence-electron chi connectivity index (χ0n) is 21.8. The largest absolute Gasteiger partial charge is 0.495 e. The number of halogens is 1. The Kier molecular flexibility index (Phi) is 8.10. The molecule has 1 aliphatic heterocycles. The van der Waals surface area contributed by atoms with Crippen LogP contribution < -0.4 is 26.9 Å². The Hall–Kier alpha value is -3.41. The van der Waals surface area contributed by atoms with Gasteiger partial charge in [0.2, 0.25) is 11.4 Å². The molecule has 0 atom stereocenters. The summed E-state index contributed by atoms with van der Waals surface area (Å²) < 4.78 is 7.06. The number of carbonyl (C=O) groups is 1. The maximum atomic E-state index is 12.9. The molecule has 4 rings (SSSR count). The molecule has 0 spiro atoms. The molecule has 204 valence electrons. The van der Waals surface area contributed by atoms with Crippen molar-refractivity contribution in [2.75, 3.05) is 43.7 Å². The normalized spacial score (nSPS) is 15.1. The van der Waals surface area contributed by atoms with Crippen LogP contribution in [0.3, 0.4) is 0 Å². The number of rotatable bonds is 9. The van der Waals surface area contributed by atoms with Gasteiger partial charge in [0.25, 0.3) is 5.91 Å². The molecule has 3 aromatic rings. The van der Waals surface area contributed by atoms with E-state index >= 15 is 0 Å². The van der Waals surface area contributed by atoms with Crippen LogP contribution in [0.4, 0.5) is 17.5 Å². The summed E-state index contributed by atoms with van der Waals surface area (Å²) in [6.07, 6.45) is 3.41. The standard InChI is InChI=1S/C26H34ClN7O4/c1-26(2,37)14-34-22(28)20(23(29)36)21(35)17-13-30-25(32-24(17)34)31-18-5-4-16(12-19(18)38-3)15-6-9-33(10-7-15)11-8-27/h4-5,12-13,15,37H,6-11,14,28H2,1-3H3,(H2,29,36)(H,30,31,32). The highest BCUT2D eigenvalue weighted by molar-refractivity contribution is 6.18. The lowest BCUT2D eigenvalue weighted by atomic mass is 9.89. The van der Waals surface area contributed by atoms with E-state index in [2.05, 4.69) is 26.3 Å². The molecule has 38 heavy (non-hydrogen) atoms. The maximum Gasteiger partial charge on any atom is 0.256 e. The number of aromatic nitrogens is 3. The third-order valence-electron chi connectivity index (χ3n) is 6.77. The van der Waals surface area contributed by atoms with Crippen molar-refractivity contribution in [3.8, 4) is 5.75 Å². The van der Waals surface area contributed by atoms with E-state index in [1.54, 1.807) is 21.0 Å². The molecule has 3 heterocycles. The lowest BCUT2D eigenvalue weighted by molar-refractivity contribution is 0.0629. The number of methoxy groups -OCH3 is 1. The maximum absolute atomic E-state index is 12.9. The van der Waals surface area contributed by atoms with Crippen molar-refractivity contribution < 1.29 is 14.6 Å². The highest BCUT2D eigenvalue weighted by Gasteiger charge is 2.25. The fourth-order valence-electron chi connectivity index (χ4n) is 4.88. The first-order valence-corrected chi connectivity index (χ1v) is 13.0. The number of aliphatic hydroxyl groups is 1. The number of carbonyl (C=O) groups excluding carboxylic acids is 1. The van der Waals surface area contributed by atoms with Crippen molar-refractivity contribution in [1.29, 1.82) is 0 Å². The molecule has 6 N–H and O–H groups in total. The number of fused-ring (bicyclic) bond motifs is 1. The topological polar surface area (TPSA) is 162 Å². The van der Waals surface area contributed by atoms with E-state index in [0.29, 0.717) is 23.2 Å². The fraction of sp³-hybridized carbons (Fsp3) is 0.462. The fourth-order valence-corrected chi connectivity index (χ4v) is 5.12. The molecule has 11 nitrogen and oxygen atoms in total. The summed E-state index contributed by atoms with van der Waals surface area (Å²) in [5.41, 5.74) is 11.3. The van der Waals surface area contributed by atoms with E-state index in [0.717, 1.165) is 32.5 Å². The number of hydrogen-bond acceptors (Lipinski definition) is 9. The van der Waals surface area contributed by atoms with Crippen LogP contribution in [-0.2, 0) is 6.54 Å². The lowest BCUT2D eigenvalue weighted by Crippen LogP contribution is -2.34. The molecular weight excluding hydrogens is 510 g/mol. The zero-order valence-corrected chi connectivity index (χ0v) is 22.6. The molecule has 1 amide bonds. The van der Waals surface area contributed by atoms with Gasteiger partial charge >= 0.3 is 0 Å². The highest BCUT2D eigenvalue weighted by Crippen LogP contribution is 2.35. The summed E-state index contributed by atoms with van der Waals surface area (Å²) in [7, 11) is 1.60. The van der Waals surface area contributed by atoms with Gasteiger partial charge in [-0.15, -0.1) is 11.6 Å². The number of nitrogens with zero attached hydrogens (tertiary/aromatic N) is 4. The highest BCUT2D eigenvalue weighted by atomic mass is 35.5. The van der Waals surface area contributed by atoms with Gasteiger partial charge in [-0.25, -0.2) is 4.98 Å². The van der Waals surface area contributed by atoms with E-state index < -0.39 is 16.9 Å². The van der Waals surface area contributed by atoms with Crippen LogP contribution in [0.1, 0.15) is 48.5 Å². The number of nitrogen functional groups attached to an aromatic ring is 1. The van der Waals surface area contributed by atoms with E-state index in [1.165, 1.54) is 16.3 Å². The van der Waals surface area contributed by atoms with Crippen LogP contribution in [0, 0.1) is 0 Å². The van der Waals surface area contributed by atoms with Crippen LogP contribution in [0.2, 0.25) is 0 Å². The number of amides is 1. The Bertz CT molecular complexity index is 1400. The van der Waals surface area contributed by atoms with E-state index in [9.17, 15) is 14.7 Å². The number of nitrogens with one attached hydrogen (secondary N) is 1. The quantitative estimate of drug-likeness (QED) is 0.297. The van der Waals surface area contributed by atoms with Gasteiger partial charge in [0.1, 0.15) is 17.1 Å². The summed E-state index contributed by atoms with van der Waals surface area (Å²) in [6, 6.07) is 6.00. The number of piperidine rings is 1. The molecule has 1 fully saturated rings. The van der Waals surface area contributed by atoms with Gasteiger partial charge in [-0.1, -0.05) is 6.07 Å². The minimum atomic E-state index is -1.22. The monoisotopic (exact) mass is 543 g/mol. The minimum Gasteiger partial charge on any atom is -0.495 e. The summed E-state index contributed by atoms with van der Waals surface area (Å²) in [5, 5.41) is 13.7. The number of ether oxygens (including phenoxy) is 1. The molecule has 1 aliphatic rings. The molecule has 1 saturated heterocycles. The molecular formula is C26H34ClN7O4. The second-order valence-electron chi connectivity index (χ2n) is 10.2. The van der Waals surface area contributed by atoms with Crippen molar-refractivity contribution in [3.05, 3.63) is 45.7 Å². The predicted octanol–water partition coefficient (Wildman–Crippen LogP) is 2.41. The predicted molar refractivity (Wildman–Crippen MR) is 148 cm³/mol. The smallest absolute Gasteiger partial charge is 0.256 e. The van der Waals surface area contributed by atoms with Crippen LogP contribution in [0.15, 0.2) is 29.2 Å². The average Bonchev–Trinajstić information content (AvgIpc) is 2.87. The van der Waals surface area contributed by atoms with E-state index in [4.69, 9.17) is 27.8 Å². The van der Waals surface area contributed by atoms with Gasteiger partial charge in [0, 0.05) is 18.6 Å². The summed E-state index contributed by atoms with van der Waals surface area (Å²) >= 11 is 5.89. The van der Waals surface area contributed by atoms with Gasteiger partial charge in [-0.3, -0.25) is 9.59 Å². The second-order valence-corrected chi connectivity index (χ2v) is 10.6. The molecule has 12 heteroatoms. The summed E-state index contributed by atoms with van der Waals surface area (Å²) in [6.45, 7) is 6.05. The molecule has 0 aliphatic carbocycles. The van der Waals surface area contributed by atoms with Crippen LogP contribution in [0.5, 0.6) is 5.75 Å². The first kappa shape index (κ1) is 27.6. The number of hydrogen-bond donors (Lipinski definition) is 4. The molecule has 1 aromatic carbocycles. The van der Waals surface area contributed by atoms with Crippen molar-refractivity contribution in [2.45, 2.75) is 44.8 Å². The zero-order chi connectivity index (χ0) is 27.6. The Morgan fingerprint density at radius 3 is 2.63 bits per heavy atom. The van der Waals surface area contributed by atoms with Gasteiger partial charge in [-0.05, 0) is 63.4 Å². The number of anilines is 3. The first-order chi connectivity index (χ1) is 18.0. The van der Waals surface area contributed by atoms with Gasteiger partial charge in [0.05, 0.1) is 30.3 Å². The first-order valence-electron chi connectivity index (χ1n) is 12.5. The Morgan fingerprint density at radius 2 is 2.03 bits per heavy atom. The minimum absolute atomic E-state index is 0.0337. The number of pyridine rings is 1. The Morgan fingerprint density at radius 1 is 1.32 bits per heavy atom. The number of likely N-dealkylation sites (tertiary alicyclic amines) is 1. The molecule has 2 aromatic heterocycles. The average molecular weight is 544 g/mol. The van der Waals surface area contributed by atoms with Crippen LogP contribution in [0.25, 0.3) is 11.0 Å². The molecule has 0 saturated carbocycles. The molecule has 0 radical (unpaired) electrons. The van der Waals surface area contributed by atoms with Crippen molar-refractivity contribution in [2.24, 2.45) is 5.73 Å². The number of alkyl halides is 1. The van der Waals surface area contributed by atoms with Crippen molar-refractivity contribution >= 4 is 46.0 Å². The van der Waals surface area contributed by atoms with E-state index in [1.807, 2.05) is 12.1 Å². The number of primary amides is 1. The van der Waals surface area contributed by atoms with Gasteiger partial charge in [-0.2, -0.15) is 4.98 Å². The third-order valence-corrected chi connectivity index (χ3v) is 6.94. The Labute approximate surface area is 225 Å². The van der Waals surface area contributed by atoms with Crippen molar-refractivity contribution in [3.63, 3.8) is 0 Å². The van der Waals surface area contributed by atoms with Crippen LogP contribution in [-0.4, -0.2) is 68.7 Å². The molecule has 0 unspecified atom stereocenters. The summed E-state index contributed by atoms with van der Waals surface area (Å²) in [5.74, 6) is 0.763. The molecule has 0 bridgehead atoms. The Balaban J connectivity index is 1.68. The van der Waals surface area contributed by atoms with Gasteiger partial charge in [0.15, 0.2) is 5.65 Å². The number of nitrogens with two attached hydrogens (primary N) is 2. The second kappa shape index (κ2) is 11.1. The lowest BCUT2D eigenvalue weighted by Gasteiger charge is -2.31. The number of benzene rings is 1. The van der Waals surface area contributed by atoms with Crippen LogP contribution >= 0.6 is 11.6 Å². The SMILES string of the molecule is COc1cc(C2CCN(CCCl)CC2)ccc1Nc1ncc2c(=O)c(C(N)=O)c(N)n(CC(C)(C)O)c2n1. The van der Waals surface area contributed by atoms with Crippen molar-refractivity contribution in [1.82, 2.24) is 19.4 Å². The van der Waals surface area contributed by atoms with Gasteiger partial charge < -0.3 is 36.1 Å². The third kappa shape index (κ3) is 5.85. The summed E-state index contributed by atoms with van der Waals surface area (Å²) in [4.78, 5) is 36.1.